The molecule has 0 aliphatic rings. The third kappa shape index (κ3) is 4.97. The van der Waals surface area contributed by atoms with Gasteiger partial charge in [0.25, 0.3) is 5.91 Å². The Labute approximate surface area is 196 Å². The highest BCUT2D eigenvalue weighted by Gasteiger charge is 2.21. The van der Waals surface area contributed by atoms with Gasteiger partial charge in [0.15, 0.2) is 5.82 Å². The van der Waals surface area contributed by atoms with Crippen molar-refractivity contribution in [3.8, 4) is 22.8 Å². The Morgan fingerprint density at radius 1 is 1.03 bits per heavy atom. The van der Waals surface area contributed by atoms with Crippen molar-refractivity contribution >= 4 is 27.5 Å². The van der Waals surface area contributed by atoms with Gasteiger partial charge in [-0.3, -0.25) is 4.79 Å². The minimum Gasteiger partial charge on any atom is -0.491 e. The van der Waals surface area contributed by atoms with Crippen LogP contribution in [0.15, 0.2) is 54.6 Å². The first-order chi connectivity index (χ1) is 16.1. The van der Waals surface area contributed by atoms with Crippen LogP contribution < -0.4 is 14.8 Å². The van der Waals surface area contributed by atoms with Crippen molar-refractivity contribution in [1.29, 1.82) is 0 Å². The Kier molecular flexibility index (Phi) is 7.16. The van der Waals surface area contributed by atoms with E-state index < -0.39 is 0 Å². The predicted octanol–water partition coefficient (Wildman–Crippen LogP) is 4.63. The van der Waals surface area contributed by atoms with E-state index in [-0.39, 0.29) is 12.5 Å². The second kappa shape index (κ2) is 10.4. The second-order valence-electron chi connectivity index (χ2n) is 7.29. The number of fused-ring (bicyclic) bond motifs is 1. The number of hydrogen-bond acceptors (Lipinski definition) is 7. The van der Waals surface area contributed by atoms with Crippen LogP contribution in [0.2, 0.25) is 0 Å². The molecule has 0 fully saturated rings. The fourth-order valence-corrected chi connectivity index (χ4v) is 4.66. The van der Waals surface area contributed by atoms with Gasteiger partial charge >= 0.3 is 0 Å². The predicted molar refractivity (Wildman–Crippen MR) is 129 cm³/mol. The van der Waals surface area contributed by atoms with Gasteiger partial charge in [0.05, 0.1) is 23.9 Å². The Morgan fingerprint density at radius 2 is 1.79 bits per heavy atom. The Hall–Kier alpha value is -3.49. The van der Waals surface area contributed by atoms with Crippen molar-refractivity contribution in [1.82, 2.24) is 15.3 Å². The van der Waals surface area contributed by atoms with Crippen LogP contribution in [-0.2, 0) is 11.3 Å². The van der Waals surface area contributed by atoms with Gasteiger partial charge in [0.1, 0.15) is 23.8 Å². The molecule has 1 amide bonds. The third-order valence-corrected chi connectivity index (χ3v) is 6.28. The van der Waals surface area contributed by atoms with Crippen LogP contribution in [0.5, 0.6) is 11.6 Å². The highest BCUT2D eigenvalue weighted by atomic mass is 32.1. The van der Waals surface area contributed by atoms with Crippen molar-refractivity contribution < 1.29 is 19.0 Å². The molecule has 4 aromatic rings. The number of para-hydroxylation sites is 1. The summed E-state index contributed by atoms with van der Waals surface area (Å²) < 4.78 is 16.5. The van der Waals surface area contributed by atoms with Crippen LogP contribution in [-0.4, -0.2) is 43.2 Å². The zero-order valence-electron chi connectivity index (χ0n) is 18.8. The molecular weight excluding hydrogens is 438 g/mol. The van der Waals surface area contributed by atoms with Crippen LogP contribution in [0, 0.1) is 6.92 Å². The monoisotopic (exact) mass is 463 g/mol. The smallest absolute Gasteiger partial charge is 0.261 e. The summed E-state index contributed by atoms with van der Waals surface area (Å²) in [4.78, 5) is 23.0. The van der Waals surface area contributed by atoms with Gasteiger partial charge in [-0.25, -0.2) is 4.98 Å². The summed E-state index contributed by atoms with van der Waals surface area (Å²) in [7, 11) is 3.14. The van der Waals surface area contributed by atoms with E-state index >= 15 is 0 Å². The maximum atomic E-state index is 12.9. The molecular formula is C25H25N3O4S. The molecule has 0 aliphatic heterocycles. The van der Waals surface area contributed by atoms with Gasteiger partial charge in [0, 0.05) is 12.7 Å². The number of thiophene rings is 1. The molecule has 2 aromatic carbocycles. The quantitative estimate of drug-likeness (QED) is 0.365. The number of hydrogen-bond donors (Lipinski definition) is 1. The molecule has 0 radical (unpaired) electrons. The number of ether oxygens (including phenoxy) is 3. The minimum absolute atomic E-state index is 0.175. The Balaban J connectivity index is 1.44. The molecule has 0 saturated heterocycles. The molecule has 4 rings (SSSR count). The van der Waals surface area contributed by atoms with Crippen molar-refractivity contribution in [2.45, 2.75) is 13.5 Å². The van der Waals surface area contributed by atoms with Gasteiger partial charge in [-0.05, 0) is 24.1 Å². The van der Waals surface area contributed by atoms with Crippen LogP contribution in [0.3, 0.4) is 0 Å². The number of amides is 1. The molecule has 7 nitrogen and oxygen atoms in total. The standard InChI is InChI=1S/C25H25N3O4S/c1-16-21-24(31-3)27-20(15-30-2)28-25(21)33-22(16)23(29)26-13-14-32-19-12-8-7-11-18(19)17-9-5-4-6-10-17/h4-12H,13-15H2,1-3H3,(H,26,29). The molecule has 0 unspecified atom stereocenters. The molecule has 0 bridgehead atoms. The first-order valence-corrected chi connectivity index (χ1v) is 11.3. The summed E-state index contributed by atoms with van der Waals surface area (Å²) in [5, 5.41) is 3.69. The van der Waals surface area contributed by atoms with E-state index in [4.69, 9.17) is 14.2 Å². The first-order valence-electron chi connectivity index (χ1n) is 10.5. The average Bonchev–Trinajstić information content (AvgIpc) is 3.18. The van der Waals surface area contributed by atoms with Crippen molar-refractivity contribution in [3.63, 3.8) is 0 Å². The number of nitrogens with one attached hydrogen (secondary N) is 1. The lowest BCUT2D eigenvalue weighted by molar-refractivity contribution is 0.0950. The minimum atomic E-state index is -0.175. The number of methoxy groups -OCH3 is 2. The van der Waals surface area contributed by atoms with Crippen molar-refractivity contribution in [2.24, 2.45) is 0 Å². The molecule has 0 saturated carbocycles. The molecule has 2 heterocycles. The summed E-state index contributed by atoms with van der Waals surface area (Å²) in [5.74, 6) is 1.56. The normalized spacial score (nSPS) is 10.9. The van der Waals surface area contributed by atoms with E-state index in [1.807, 2.05) is 61.5 Å². The highest BCUT2D eigenvalue weighted by Crippen LogP contribution is 2.35. The third-order valence-electron chi connectivity index (χ3n) is 5.09. The highest BCUT2D eigenvalue weighted by molar-refractivity contribution is 7.20. The maximum absolute atomic E-state index is 12.9. The molecule has 0 aliphatic carbocycles. The number of nitrogens with zero attached hydrogens (tertiary/aromatic N) is 2. The maximum Gasteiger partial charge on any atom is 0.261 e. The second-order valence-corrected chi connectivity index (χ2v) is 8.28. The Bertz CT molecular complexity index is 1260. The van der Waals surface area contributed by atoms with E-state index in [9.17, 15) is 4.79 Å². The van der Waals surface area contributed by atoms with Crippen LogP contribution >= 0.6 is 11.3 Å². The fourth-order valence-electron chi connectivity index (χ4n) is 3.56. The SMILES string of the molecule is COCc1nc(OC)c2c(C)c(C(=O)NCCOc3ccccc3-c3ccccc3)sc2n1. The van der Waals surface area contributed by atoms with E-state index in [0.29, 0.717) is 34.6 Å². The molecule has 0 spiro atoms. The number of carbonyl (C=O) groups is 1. The number of aryl methyl sites for hydroxylation is 1. The number of carbonyl (C=O) groups excluding carboxylic acids is 1. The van der Waals surface area contributed by atoms with Gasteiger partial charge in [-0.2, -0.15) is 4.98 Å². The molecule has 33 heavy (non-hydrogen) atoms. The zero-order chi connectivity index (χ0) is 23.2. The number of aromatic nitrogens is 2. The molecule has 170 valence electrons. The Morgan fingerprint density at radius 3 is 2.55 bits per heavy atom. The van der Waals surface area contributed by atoms with Crippen molar-refractivity contribution in [2.75, 3.05) is 27.4 Å². The van der Waals surface area contributed by atoms with Crippen molar-refractivity contribution in [3.05, 3.63) is 70.9 Å². The van der Waals surface area contributed by atoms with Gasteiger partial charge in [0.2, 0.25) is 5.88 Å². The summed E-state index contributed by atoms with van der Waals surface area (Å²) in [6.45, 7) is 2.86. The average molecular weight is 464 g/mol. The molecule has 1 N–H and O–H groups in total. The van der Waals surface area contributed by atoms with Gasteiger partial charge in [-0.15, -0.1) is 11.3 Å². The lowest BCUT2D eigenvalue weighted by Gasteiger charge is -2.12. The lowest BCUT2D eigenvalue weighted by Crippen LogP contribution is -2.27. The summed E-state index contributed by atoms with van der Waals surface area (Å²) in [5.41, 5.74) is 2.90. The molecule has 0 atom stereocenters. The van der Waals surface area contributed by atoms with E-state index in [1.165, 1.54) is 11.3 Å². The van der Waals surface area contributed by atoms with E-state index in [2.05, 4.69) is 15.3 Å². The molecule has 2 aromatic heterocycles. The zero-order valence-corrected chi connectivity index (χ0v) is 19.6. The van der Waals surface area contributed by atoms with Crippen LogP contribution in [0.1, 0.15) is 21.1 Å². The molecule has 8 heteroatoms. The van der Waals surface area contributed by atoms with E-state index in [1.54, 1.807) is 14.2 Å². The van der Waals surface area contributed by atoms with Gasteiger partial charge < -0.3 is 19.5 Å². The summed E-state index contributed by atoms with van der Waals surface area (Å²) >= 11 is 1.32. The number of rotatable bonds is 9. The largest absolute Gasteiger partial charge is 0.491 e. The topological polar surface area (TPSA) is 82.6 Å². The summed E-state index contributed by atoms with van der Waals surface area (Å²) in [6, 6.07) is 17.9. The van der Waals surface area contributed by atoms with E-state index in [0.717, 1.165) is 27.8 Å². The first kappa shape index (κ1) is 22.7. The summed E-state index contributed by atoms with van der Waals surface area (Å²) in [6.07, 6.45) is 0. The fraction of sp³-hybridized carbons (Fsp3) is 0.240. The number of benzene rings is 2. The lowest BCUT2D eigenvalue weighted by atomic mass is 10.1. The van der Waals surface area contributed by atoms with Crippen LogP contribution in [0.25, 0.3) is 21.3 Å². The van der Waals surface area contributed by atoms with Gasteiger partial charge in [-0.1, -0.05) is 48.5 Å². The van der Waals surface area contributed by atoms with Crippen LogP contribution in [0.4, 0.5) is 0 Å².